The number of amides is 2. The van der Waals surface area contributed by atoms with Crippen LogP contribution in [0.25, 0.3) is 0 Å². The topological polar surface area (TPSA) is 67.1 Å². The predicted molar refractivity (Wildman–Crippen MR) is 107 cm³/mol. The molecule has 1 saturated heterocycles. The minimum Gasteiger partial charge on any atom is -0.355 e. The van der Waals surface area contributed by atoms with Gasteiger partial charge in [-0.3, -0.25) is 9.59 Å². The van der Waals surface area contributed by atoms with Crippen molar-refractivity contribution < 1.29 is 19.4 Å². The third kappa shape index (κ3) is 7.69. The number of rotatable bonds is 9. The van der Waals surface area contributed by atoms with E-state index < -0.39 is 0 Å². The molecule has 1 aliphatic heterocycles. The van der Waals surface area contributed by atoms with Crippen LogP contribution in [0.1, 0.15) is 44.2 Å². The first kappa shape index (κ1) is 21.4. The summed E-state index contributed by atoms with van der Waals surface area (Å²) in [5, 5.41) is 5.49. The lowest BCUT2D eigenvalue weighted by atomic mass is 10.0. The number of hydrogen-bond acceptors (Lipinski definition) is 2. The molecule has 150 valence electrons. The lowest BCUT2D eigenvalue weighted by Gasteiger charge is -2.29. The molecule has 1 aromatic rings. The van der Waals surface area contributed by atoms with Crippen LogP contribution in [0.2, 0.25) is 0 Å². The van der Waals surface area contributed by atoms with Crippen molar-refractivity contribution in [3.05, 3.63) is 35.4 Å². The highest BCUT2D eigenvalue weighted by molar-refractivity contribution is 5.84. The van der Waals surface area contributed by atoms with Crippen LogP contribution >= 0.6 is 0 Å². The van der Waals surface area contributed by atoms with Gasteiger partial charge in [0.15, 0.2) is 6.54 Å². The average molecular weight is 377 g/mol. The number of carbonyl (C=O) groups is 2. The van der Waals surface area contributed by atoms with Crippen LogP contribution in [0.15, 0.2) is 24.3 Å². The van der Waals surface area contributed by atoms with Gasteiger partial charge in [-0.05, 0) is 17.9 Å². The van der Waals surface area contributed by atoms with Gasteiger partial charge in [-0.25, -0.2) is 0 Å². The second-order valence-electron chi connectivity index (χ2n) is 7.88. The van der Waals surface area contributed by atoms with Crippen LogP contribution in [-0.2, 0) is 16.1 Å². The zero-order chi connectivity index (χ0) is 19.6. The molecule has 1 aromatic carbocycles. The molecule has 1 aliphatic rings. The molecular formula is C21H36N4O2+2. The Labute approximate surface area is 163 Å². The van der Waals surface area contributed by atoms with E-state index in [0.717, 1.165) is 39.1 Å². The van der Waals surface area contributed by atoms with Gasteiger partial charge in [0.1, 0.15) is 32.7 Å². The molecule has 27 heavy (non-hydrogen) atoms. The van der Waals surface area contributed by atoms with Crippen LogP contribution in [0, 0.1) is 0 Å². The molecule has 2 amide bonds. The molecule has 0 radical (unpaired) electrons. The molecule has 0 bridgehead atoms. The van der Waals surface area contributed by atoms with Crippen molar-refractivity contribution in [2.24, 2.45) is 0 Å². The van der Waals surface area contributed by atoms with Crippen molar-refractivity contribution in [2.45, 2.75) is 39.7 Å². The monoisotopic (exact) mass is 376 g/mol. The van der Waals surface area contributed by atoms with Gasteiger partial charge in [-0.2, -0.15) is 0 Å². The quantitative estimate of drug-likeness (QED) is 0.435. The van der Waals surface area contributed by atoms with Gasteiger partial charge in [0.05, 0.1) is 6.54 Å². The molecule has 0 saturated carbocycles. The molecule has 6 heteroatoms. The van der Waals surface area contributed by atoms with Crippen LogP contribution in [0.3, 0.4) is 0 Å². The zero-order valence-corrected chi connectivity index (χ0v) is 17.1. The largest absolute Gasteiger partial charge is 0.355 e. The Morgan fingerprint density at radius 1 is 0.963 bits per heavy atom. The number of benzene rings is 1. The van der Waals surface area contributed by atoms with Crippen molar-refractivity contribution >= 4 is 11.8 Å². The Morgan fingerprint density at radius 3 is 2.19 bits per heavy atom. The SMILES string of the molecule is CCCNC(=O)CNC(=O)C[NH+]1CC[NH+](Cc2ccc(C(C)C)cc2)CC1. The van der Waals surface area contributed by atoms with E-state index in [1.54, 1.807) is 4.90 Å². The summed E-state index contributed by atoms with van der Waals surface area (Å²) < 4.78 is 0. The van der Waals surface area contributed by atoms with Crippen molar-refractivity contribution in [3.63, 3.8) is 0 Å². The first-order chi connectivity index (χ1) is 13.0. The van der Waals surface area contributed by atoms with E-state index >= 15 is 0 Å². The van der Waals surface area contributed by atoms with Gasteiger partial charge in [-0.15, -0.1) is 0 Å². The molecule has 0 aromatic heterocycles. The third-order valence-electron chi connectivity index (χ3n) is 5.19. The van der Waals surface area contributed by atoms with Crippen LogP contribution < -0.4 is 20.4 Å². The van der Waals surface area contributed by atoms with E-state index in [9.17, 15) is 9.59 Å². The summed E-state index contributed by atoms with van der Waals surface area (Å²) in [7, 11) is 0. The van der Waals surface area contributed by atoms with Crippen molar-refractivity contribution in [1.29, 1.82) is 0 Å². The summed E-state index contributed by atoms with van der Waals surface area (Å²) in [6, 6.07) is 8.97. The highest BCUT2D eigenvalue weighted by Crippen LogP contribution is 2.14. The van der Waals surface area contributed by atoms with E-state index in [2.05, 4.69) is 48.7 Å². The normalized spacial score (nSPS) is 19.7. The Bertz CT molecular complexity index is 593. The number of hydrogen-bond donors (Lipinski definition) is 4. The predicted octanol–water partition coefficient (Wildman–Crippen LogP) is -1.26. The van der Waals surface area contributed by atoms with E-state index in [1.165, 1.54) is 16.0 Å². The van der Waals surface area contributed by atoms with Gasteiger partial charge < -0.3 is 20.4 Å². The maximum atomic E-state index is 12.0. The van der Waals surface area contributed by atoms with Crippen molar-refractivity contribution in [3.8, 4) is 0 Å². The minimum absolute atomic E-state index is 0.0376. The number of quaternary nitrogens is 2. The maximum Gasteiger partial charge on any atom is 0.275 e. The molecule has 0 atom stereocenters. The standard InChI is InChI=1S/C21H34N4O2/c1-4-9-22-20(26)14-23-21(27)16-25-12-10-24(11-13-25)15-18-5-7-19(8-6-18)17(2)3/h5-8,17H,4,9-16H2,1-3H3,(H,22,26)(H,23,27)/p+2. The van der Waals surface area contributed by atoms with Crippen molar-refractivity contribution in [2.75, 3.05) is 45.8 Å². The first-order valence-electron chi connectivity index (χ1n) is 10.3. The highest BCUT2D eigenvalue weighted by atomic mass is 16.2. The number of carbonyl (C=O) groups excluding carboxylic acids is 2. The molecule has 0 aliphatic carbocycles. The van der Waals surface area contributed by atoms with Gasteiger partial charge in [-0.1, -0.05) is 45.0 Å². The number of piperazine rings is 1. The fraction of sp³-hybridized carbons (Fsp3) is 0.619. The fourth-order valence-corrected chi connectivity index (χ4v) is 3.42. The molecular weight excluding hydrogens is 340 g/mol. The zero-order valence-electron chi connectivity index (χ0n) is 17.1. The van der Waals surface area contributed by atoms with E-state index in [4.69, 9.17) is 0 Å². The molecule has 1 heterocycles. The second kappa shape index (κ2) is 11.0. The van der Waals surface area contributed by atoms with Crippen LogP contribution in [-0.4, -0.2) is 57.6 Å². The molecule has 2 rings (SSSR count). The first-order valence-corrected chi connectivity index (χ1v) is 10.3. The molecule has 6 nitrogen and oxygen atoms in total. The second-order valence-corrected chi connectivity index (χ2v) is 7.88. The Morgan fingerprint density at radius 2 is 1.59 bits per heavy atom. The summed E-state index contributed by atoms with van der Waals surface area (Å²) in [6.45, 7) is 12.8. The molecule has 0 unspecified atom stereocenters. The minimum atomic E-state index is -0.113. The van der Waals surface area contributed by atoms with Crippen molar-refractivity contribution in [1.82, 2.24) is 10.6 Å². The average Bonchev–Trinajstić information content (AvgIpc) is 2.66. The van der Waals surface area contributed by atoms with Gasteiger partial charge >= 0.3 is 0 Å². The maximum absolute atomic E-state index is 12.0. The Hall–Kier alpha value is -1.92. The van der Waals surface area contributed by atoms with Gasteiger partial charge in [0, 0.05) is 12.1 Å². The fourth-order valence-electron chi connectivity index (χ4n) is 3.42. The Kier molecular flexibility index (Phi) is 8.75. The summed E-state index contributed by atoms with van der Waals surface area (Å²) in [5.74, 6) is 0.421. The Balaban J connectivity index is 1.66. The molecule has 1 fully saturated rings. The summed E-state index contributed by atoms with van der Waals surface area (Å²) >= 11 is 0. The van der Waals surface area contributed by atoms with Gasteiger partial charge in [0.25, 0.3) is 5.91 Å². The number of nitrogens with one attached hydrogen (secondary N) is 4. The lowest BCUT2D eigenvalue weighted by molar-refractivity contribution is -1.02. The lowest BCUT2D eigenvalue weighted by Crippen LogP contribution is -3.28. The summed E-state index contributed by atoms with van der Waals surface area (Å²) in [4.78, 5) is 26.5. The van der Waals surface area contributed by atoms with E-state index in [0.29, 0.717) is 19.0 Å². The highest BCUT2D eigenvalue weighted by Gasteiger charge is 2.24. The molecule has 0 spiro atoms. The third-order valence-corrected chi connectivity index (χ3v) is 5.19. The van der Waals surface area contributed by atoms with Crippen LogP contribution in [0.5, 0.6) is 0 Å². The summed E-state index contributed by atoms with van der Waals surface area (Å²) in [6.07, 6.45) is 0.901. The molecule has 4 N–H and O–H groups in total. The van der Waals surface area contributed by atoms with Crippen LogP contribution in [0.4, 0.5) is 0 Å². The summed E-state index contributed by atoms with van der Waals surface area (Å²) in [5.41, 5.74) is 2.77. The smallest absolute Gasteiger partial charge is 0.275 e. The van der Waals surface area contributed by atoms with E-state index in [-0.39, 0.29) is 18.4 Å². The van der Waals surface area contributed by atoms with Gasteiger partial charge in [0.2, 0.25) is 5.91 Å². The van der Waals surface area contributed by atoms with E-state index in [1.807, 2.05) is 6.92 Å².